The first-order chi connectivity index (χ1) is 18.5. The van der Waals surface area contributed by atoms with Crippen molar-refractivity contribution in [1.82, 2.24) is 15.5 Å². The van der Waals surface area contributed by atoms with Crippen molar-refractivity contribution in [3.63, 3.8) is 0 Å². The van der Waals surface area contributed by atoms with Gasteiger partial charge in [-0.15, -0.1) is 0 Å². The van der Waals surface area contributed by atoms with Crippen LogP contribution in [0, 0.1) is 12.8 Å². The molecular weight excluding hydrogens is 514 g/mol. The predicted octanol–water partition coefficient (Wildman–Crippen LogP) is 4.77. The summed E-state index contributed by atoms with van der Waals surface area (Å²) in [5.74, 6) is -1.93. The average Bonchev–Trinajstić information content (AvgIpc) is 2.85. The highest BCUT2D eigenvalue weighted by Gasteiger charge is 2.45. The van der Waals surface area contributed by atoms with Crippen LogP contribution in [0.25, 0.3) is 0 Å². The summed E-state index contributed by atoms with van der Waals surface area (Å²) in [5, 5.41) is 16.5. The summed E-state index contributed by atoms with van der Waals surface area (Å²) in [6, 6.07) is 2.75. The lowest BCUT2D eigenvalue weighted by atomic mass is 9.89. The van der Waals surface area contributed by atoms with Gasteiger partial charge in [-0.1, -0.05) is 45.4 Å². The number of aromatic hydroxyl groups is 1. The summed E-state index contributed by atoms with van der Waals surface area (Å²) in [6.45, 7) is 18.1. The Balaban J connectivity index is 3.68. The largest absolute Gasteiger partial charge is 0.507 e. The van der Waals surface area contributed by atoms with Crippen molar-refractivity contribution in [2.75, 3.05) is 13.2 Å². The molecule has 0 heterocycles. The lowest BCUT2D eigenvalue weighted by Crippen LogP contribution is -2.60. The minimum Gasteiger partial charge on any atom is -0.507 e. The van der Waals surface area contributed by atoms with Gasteiger partial charge in [-0.2, -0.15) is 0 Å². The van der Waals surface area contributed by atoms with Gasteiger partial charge in [0, 0.05) is 17.6 Å². The summed E-state index contributed by atoms with van der Waals surface area (Å²) in [4.78, 5) is 54.4. The van der Waals surface area contributed by atoms with E-state index in [-0.39, 0.29) is 36.8 Å². The zero-order valence-electron chi connectivity index (χ0n) is 25.8. The summed E-state index contributed by atoms with van der Waals surface area (Å²) in [6.07, 6.45) is 0.248. The molecule has 1 aromatic carbocycles. The van der Waals surface area contributed by atoms with Crippen molar-refractivity contribution in [1.29, 1.82) is 0 Å². The van der Waals surface area contributed by atoms with E-state index in [9.17, 15) is 24.3 Å². The van der Waals surface area contributed by atoms with Crippen molar-refractivity contribution >= 4 is 23.9 Å². The second-order valence-corrected chi connectivity index (χ2v) is 11.6. The fourth-order valence-electron chi connectivity index (χ4n) is 4.13. The van der Waals surface area contributed by atoms with E-state index in [4.69, 9.17) is 9.47 Å². The van der Waals surface area contributed by atoms with Gasteiger partial charge in [0.15, 0.2) is 0 Å². The van der Waals surface area contributed by atoms with Crippen LogP contribution < -0.4 is 10.6 Å². The van der Waals surface area contributed by atoms with Crippen molar-refractivity contribution < 1.29 is 33.8 Å². The molecule has 0 fully saturated rings. The Labute approximate surface area is 239 Å². The van der Waals surface area contributed by atoms with Crippen LogP contribution in [-0.4, -0.2) is 64.2 Å². The molecule has 0 spiro atoms. The van der Waals surface area contributed by atoms with Crippen LogP contribution >= 0.6 is 0 Å². The number of phenolic OH excluding ortho intramolecular Hbond substituents is 1. The van der Waals surface area contributed by atoms with Crippen LogP contribution in [0.1, 0.15) is 98.7 Å². The SMILES string of the molecule is CCOC(=O)CCNC(=O)C(c1cccc(C)c1O)N(C(=O)C(NC(=O)OC(C)(C)C)C(C)CC)C(C)(C)CC. The second kappa shape index (κ2) is 14.9. The summed E-state index contributed by atoms with van der Waals surface area (Å²) in [7, 11) is 0. The number of rotatable bonds is 13. The molecule has 0 aliphatic heterocycles. The number of nitrogens with one attached hydrogen (secondary N) is 2. The number of aryl methyl sites for hydroxylation is 1. The number of nitrogens with zero attached hydrogens (tertiary/aromatic N) is 1. The summed E-state index contributed by atoms with van der Waals surface area (Å²) >= 11 is 0. The van der Waals surface area contributed by atoms with E-state index in [1.807, 2.05) is 34.6 Å². The molecule has 1 rings (SSSR count). The first-order valence-electron chi connectivity index (χ1n) is 14.0. The minimum atomic E-state index is -1.25. The number of carbonyl (C=O) groups is 4. The number of benzene rings is 1. The summed E-state index contributed by atoms with van der Waals surface area (Å²) < 4.78 is 10.4. The van der Waals surface area contributed by atoms with E-state index in [1.165, 1.54) is 4.90 Å². The van der Waals surface area contributed by atoms with Gasteiger partial charge in [0.1, 0.15) is 23.4 Å². The van der Waals surface area contributed by atoms with Crippen molar-refractivity contribution in [3.05, 3.63) is 29.3 Å². The van der Waals surface area contributed by atoms with Gasteiger partial charge in [-0.3, -0.25) is 14.4 Å². The Morgan fingerprint density at radius 1 is 1.05 bits per heavy atom. The van der Waals surface area contributed by atoms with Crippen LogP contribution in [0.3, 0.4) is 0 Å². The predicted molar refractivity (Wildman–Crippen MR) is 154 cm³/mol. The van der Waals surface area contributed by atoms with Crippen molar-refractivity contribution in [2.45, 2.75) is 112 Å². The monoisotopic (exact) mass is 563 g/mol. The number of alkyl carbamates (subject to hydrolysis) is 1. The van der Waals surface area contributed by atoms with Crippen molar-refractivity contribution in [3.8, 4) is 5.75 Å². The van der Waals surface area contributed by atoms with Gasteiger partial charge in [-0.25, -0.2) is 4.79 Å². The highest BCUT2D eigenvalue weighted by atomic mass is 16.6. The molecule has 3 unspecified atom stereocenters. The van der Waals surface area contributed by atoms with Gasteiger partial charge in [0.25, 0.3) is 0 Å². The van der Waals surface area contributed by atoms with Gasteiger partial charge >= 0.3 is 12.1 Å². The molecule has 0 aliphatic carbocycles. The van der Waals surface area contributed by atoms with Gasteiger partial charge in [0.2, 0.25) is 11.8 Å². The number of hydrogen-bond acceptors (Lipinski definition) is 7. The van der Waals surface area contributed by atoms with E-state index in [0.717, 1.165) is 0 Å². The number of carbonyl (C=O) groups excluding carboxylic acids is 4. The zero-order chi connectivity index (χ0) is 30.8. The molecule has 10 heteroatoms. The topological polar surface area (TPSA) is 134 Å². The van der Waals surface area contributed by atoms with Gasteiger partial charge in [-0.05, 0) is 66.4 Å². The molecule has 1 aromatic rings. The van der Waals surface area contributed by atoms with E-state index in [1.54, 1.807) is 52.8 Å². The van der Waals surface area contributed by atoms with E-state index >= 15 is 0 Å². The Bertz CT molecular complexity index is 1030. The first-order valence-corrected chi connectivity index (χ1v) is 14.0. The molecule has 3 atom stereocenters. The average molecular weight is 564 g/mol. The Kier molecular flexibility index (Phi) is 12.9. The molecule has 0 aromatic heterocycles. The molecule has 3 amide bonds. The Morgan fingerprint density at radius 3 is 2.20 bits per heavy atom. The number of esters is 1. The van der Waals surface area contributed by atoms with Crippen LogP contribution in [-0.2, 0) is 23.9 Å². The third-order valence-corrected chi connectivity index (χ3v) is 6.91. The zero-order valence-corrected chi connectivity index (χ0v) is 25.8. The molecule has 0 aliphatic rings. The third-order valence-electron chi connectivity index (χ3n) is 6.91. The number of amides is 3. The van der Waals surface area contributed by atoms with Crippen molar-refractivity contribution in [2.24, 2.45) is 5.92 Å². The standard InChI is InChI=1S/C30H49N3O7/c1-11-19(4)23(32-28(38)40-29(6,7)8)27(37)33(30(9,10)12-2)24(21-16-14-15-20(5)25(21)35)26(36)31-18-17-22(34)39-13-3/h14-16,19,23-24,35H,11-13,17-18H2,1-10H3,(H,31,36)(H,32,38). The van der Waals surface area contributed by atoms with Crippen LogP contribution in [0.4, 0.5) is 4.79 Å². The molecule has 10 nitrogen and oxygen atoms in total. The Hall–Kier alpha value is -3.30. The fourth-order valence-corrected chi connectivity index (χ4v) is 4.13. The summed E-state index contributed by atoms with van der Waals surface area (Å²) in [5.41, 5.74) is -0.875. The minimum absolute atomic E-state index is 0.0136. The molecule has 0 saturated carbocycles. The molecule has 40 heavy (non-hydrogen) atoms. The quantitative estimate of drug-likeness (QED) is 0.294. The van der Waals surface area contributed by atoms with Gasteiger partial charge in [0.05, 0.1) is 13.0 Å². The molecular formula is C30H49N3O7. The smallest absolute Gasteiger partial charge is 0.408 e. The van der Waals surface area contributed by atoms with E-state index in [2.05, 4.69) is 10.6 Å². The van der Waals surface area contributed by atoms with Crippen LogP contribution in [0.5, 0.6) is 5.75 Å². The van der Waals surface area contributed by atoms with Crippen LogP contribution in [0.2, 0.25) is 0 Å². The van der Waals surface area contributed by atoms with E-state index in [0.29, 0.717) is 18.4 Å². The fraction of sp³-hybridized carbons (Fsp3) is 0.667. The molecule has 0 radical (unpaired) electrons. The van der Waals surface area contributed by atoms with E-state index < -0.39 is 47.1 Å². The maximum absolute atomic E-state index is 14.5. The Morgan fingerprint density at radius 2 is 1.68 bits per heavy atom. The van der Waals surface area contributed by atoms with Crippen LogP contribution in [0.15, 0.2) is 18.2 Å². The first kappa shape index (κ1) is 34.7. The van der Waals surface area contributed by atoms with Gasteiger partial charge < -0.3 is 30.1 Å². The molecule has 226 valence electrons. The lowest BCUT2D eigenvalue weighted by Gasteiger charge is -2.45. The highest BCUT2D eigenvalue weighted by Crippen LogP contribution is 2.37. The number of phenols is 1. The maximum atomic E-state index is 14.5. The normalized spacial score (nSPS) is 13.9. The molecule has 0 saturated heterocycles. The maximum Gasteiger partial charge on any atom is 0.408 e. The number of ether oxygens (including phenoxy) is 2. The number of hydrogen-bond donors (Lipinski definition) is 3. The highest BCUT2D eigenvalue weighted by molar-refractivity contribution is 5.93. The molecule has 3 N–H and O–H groups in total. The molecule has 0 bridgehead atoms. The third kappa shape index (κ3) is 9.71. The number of para-hydroxylation sites is 1. The lowest BCUT2D eigenvalue weighted by molar-refractivity contribution is -0.150. The second-order valence-electron chi connectivity index (χ2n) is 11.6.